The lowest BCUT2D eigenvalue weighted by Gasteiger charge is -2.02. The summed E-state index contributed by atoms with van der Waals surface area (Å²) in [6.07, 6.45) is 1.85. The van der Waals surface area contributed by atoms with Gasteiger partial charge in [0.05, 0.1) is 15.2 Å². The lowest BCUT2D eigenvalue weighted by Crippen LogP contribution is -1.88. The predicted molar refractivity (Wildman–Crippen MR) is 64.7 cm³/mol. The molecule has 0 saturated heterocycles. The minimum atomic E-state index is 0.307. The standard InChI is InChI=1S/C9H7Br2NS/c1-5(10)8-9-6(2-3-12-8)7(11)4-13-9/h2-5H,1H3. The third-order valence-corrected chi connectivity index (χ3v) is 4.26. The second kappa shape index (κ2) is 3.67. The first-order valence-corrected chi connectivity index (χ1v) is 6.44. The van der Waals surface area contributed by atoms with Crippen LogP contribution in [0.2, 0.25) is 0 Å². The van der Waals surface area contributed by atoms with Gasteiger partial charge in [0.25, 0.3) is 0 Å². The van der Waals surface area contributed by atoms with Crippen molar-refractivity contribution in [1.29, 1.82) is 0 Å². The number of thiophene rings is 1. The summed E-state index contributed by atoms with van der Waals surface area (Å²) in [5, 5.41) is 3.35. The first-order valence-electron chi connectivity index (χ1n) is 3.86. The first-order chi connectivity index (χ1) is 6.20. The minimum absolute atomic E-state index is 0.307. The molecule has 0 spiro atoms. The van der Waals surface area contributed by atoms with Gasteiger partial charge in [0.2, 0.25) is 0 Å². The van der Waals surface area contributed by atoms with E-state index in [1.54, 1.807) is 11.3 Å². The Morgan fingerprint density at radius 3 is 3.00 bits per heavy atom. The van der Waals surface area contributed by atoms with Gasteiger partial charge >= 0.3 is 0 Å². The van der Waals surface area contributed by atoms with Crippen LogP contribution in [0.4, 0.5) is 0 Å². The van der Waals surface area contributed by atoms with E-state index in [4.69, 9.17) is 0 Å². The zero-order chi connectivity index (χ0) is 9.42. The smallest absolute Gasteiger partial charge is 0.0715 e. The van der Waals surface area contributed by atoms with Gasteiger partial charge in [-0.05, 0) is 28.9 Å². The van der Waals surface area contributed by atoms with Crippen molar-refractivity contribution in [2.45, 2.75) is 11.8 Å². The molecule has 0 amide bonds. The van der Waals surface area contributed by atoms with E-state index in [9.17, 15) is 0 Å². The molecule has 0 N–H and O–H groups in total. The maximum absolute atomic E-state index is 4.36. The summed E-state index contributed by atoms with van der Waals surface area (Å²) >= 11 is 8.79. The zero-order valence-electron chi connectivity index (χ0n) is 6.92. The number of aromatic nitrogens is 1. The molecule has 0 radical (unpaired) electrons. The van der Waals surface area contributed by atoms with Gasteiger partial charge in [0, 0.05) is 21.4 Å². The van der Waals surface area contributed by atoms with Gasteiger partial charge in [-0.15, -0.1) is 11.3 Å². The molecule has 0 aliphatic heterocycles. The predicted octanol–water partition coefficient (Wildman–Crippen LogP) is 4.51. The molecule has 13 heavy (non-hydrogen) atoms. The molecular formula is C9H7Br2NS. The van der Waals surface area contributed by atoms with Crippen molar-refractivity contribution in [3.63, 3.8) is 0 Å². The molecule has 0 aliphatic carbocycles. The second-order valence-corrected chi connectivity index (χ2v) is 5.88. The van der Waals surface area contributed by atoms with Gasteiger partial charge in [-0.1, -0.05) is 15.9 Å². The molecule has 1 atom stereocenters. The van der Waals surface area contributed by atoms with E-state index in [0.29, 0.717) is 4.83 Å². The molecule has 0 fully saturated rings. The first kappa shape index (κ1) is 9.62. The molecule has 1 nitrogen and oxygen atoms in total. The highest BCUT2D eigenvalue weighted by molar-refractivity contribution is 9.10. The van der Waals surface area contributed by atoms with Gasteiger partial charge < -0.3 is 0 Å². The Kier molecular flexibility index (Phi) is 2.72. The van der Waals surface area contributed by atoms with Crippen LogP contribution in [-0.2, 0) is 0 Å². The third kappa shape index (κ3) is 1.67. The molecule has 0 bridgehead atoms. The molecule has 2 heterocycles. The van der Waals surface area contributed by atoms with Crippen LogP contribution < -0.4 is 0 Å². The Bertz CT molecular complexity index is 436. The lowest BCUT2D eigenvalue weighted by molar-refractivity contribution is 1.05. The molecule has 1 unspecified atom stereocenters. The SMILES string of the molecule is CC(Br)c1nccc2c(Br)csc12. The number of fused-ring (bicyclic) bond motifs is 1. The molecule has 2 aromatic heterocycles. The quantitative estimate of drug-likeness (QED) is 0.704. The summed E-state index contributed by atoms with van der Waals surface area (Å²) in [4.78, 5) is 4.67. The summed E-state index contributed by atoms with van der Waals surface area (Å²) in [5.74, 6) is 0. The van der Waals surface area contributed by atoms with Gasteiger partial charge in [0.1, 0.15) is 0 Å². The largest absolute Gasteiger partial charge is 0.259 e. The Balaban J connectivity index is 2.77. The summed E-state index contributed by atoms with van der Waals surface area (Å²) in [5.41, 5.74) is 1.12. The molecule has 2 rings (SSSR count). The van der Waals surface area contributed by atoms with Crippen molar-refractivity contribution in [3.8, 4) is 0 Å². The summed E-state index contributed by atoms with van der Waals surface area (Å²) in [7, 11) is 0. The van der Waals surface area contributed by atoms with E-state index in [2.05, 4.69) is 49.1 Å². The fraction of sp³-hybridized carbons (Fsp3) is 0.222. The van der Waals surface area contributed by atoms with Gasteiger partial charge in [-0.25, -0.2) is 0 Å². The number of nitrogens with zero attached hydrogens (tertiary/aromatic N) is 1. The van der Waals surface area contributed by atoms with Crippen LogP contribution in [0, 0.1) is 0 Å². The van der Waals surface area contributed by atoms with E-state index >= 15 is 0 Å². The lowest BCUT2D eigenvalue weighted by atomic mass is 10.2. The zero-order valence-corrected chi connectivity index (χ0v) is 10.9. The highest BCUT2D eigenvalue weighted by Gasteiger charge is 2.10. The molecule has 0 saturated carbocycles. The molecule has 68 valence electrons. The van der Waals surface area contributed by atoms with Gasteiger partial charge in [-0.2, -0.15) is 0 Å². The van der Waals surface area contributed by atoms with E-state index in [-0.39, 0.29) is 0 Å². The highest BCUT2D eigenvalue weighted by Crippen LogP contribution is 2.35. The van der Waals surface area contributed by atoms with E-state index in [1.165, 1.54) is 10.1 Å². The number of hydrogen-bond donors (Lipinski definition) is 0. The van der Waals surface area contributed by atoms with Gasteiger partial charge in [-0.3, -0.25) is 4.98 Å². The Morgan fingerprint density at radius 1 is 1.54 bits per heavy atom. The number of pyridine rings is 1. The van der Waals surface area contributed by atoms with Crippen molar-refractivity contribution in [1.82, 2.24) is 4.98 Å². The van der Waals surface area contributed by atoms with Crippen molar-refractivity contribution >= 4 is 53.3 Å². The number of alkyl halides is 1. The van der Waals surface area contributed by atoms with Crippen molar-refractivity contribution in [3.05, 3.63) is 27.8 Å². The fourth-order valence-electron chi connectivity index (χ4n) is 1.23. The molecule has 0 aliphatic rings. The summed E-state index contributed by atoms with van der Waals surface area (Å²) in [6.45, 7) is 2.09. The second-order valence-electron chi connectivity index (χ2n) is 2.77. The Hall–Kier alpha value is 0.0700. The average molecular weight is 321 g/mol. The number of halogens is 2. The van der Waals surface area contributed by atoms with Crippen LogP contribution in [0.5, 0.6) is 0 Å². The average Bonchev–Trinajstić information content (AvgIpc) is 2.48. The van der Waals surface area contributed by atoms with Crippen LogP contribution in [0.25, 0.3) is 10.1 Å². The molecule has 2 aromatic rings. The van der Waals surface area contributed by atoms with E-state index in [0.717, 1.165) is 10.2 Å². The van der Waals surface area contributed by atoms with Gasteiger partial charge in [0.15, 0.2) is 0 Å². The Morgan fingerprint density at radius 2 is 2.31 bits per heavy atom. The van der Waals surface area contributed by atoms with E-state index in [1.807, 2.05) is 12.3 Å². The van der Waals surface area contributed by atoms with Crippen LogP contribution in [0.3, 0.4) is 0 Å². The molecular weight excluding hydrogens is 314 g/mol. The number of rotatable bonds is 1. The van der Waals surface area contributed by atoms with Crippen molar-refractivity contribution in [2.75, 3.05) is 0 Å². The molecule has 0 aromatic carbocycles. The normalized spacial score (nSPS) is 13.5. The number of hydrogen-bond acceptors (Lipinski definition) is 2. The minimum Gasteiger partial charge on any atom is -0.259 e. The van der Waals surface area contributed by atoms with Crippen LogP contribution in [0.1, 0.15) is 17.4 Å². The molecule has 4 heteroatoms. The maximum Gasteiger partial charge on any atom is 0.0715 e. The monoisotopic (exact) mass is 319 g/mol. The van der Waals surface area contributed by atoms with Crippen molar-refractivity contribution < 1.29 is 0 Å². The maximum atomic E-state index is 4.36. The van der Waals surface area contributed by atoms with Crippen LogP contribution in [-0.4, -0.2) is 4.98 Å². The fourth-order valence-corrected chi connectivity index (χ4v) is 3.48. The van der Waals surface area contributed by atoms with E-state index < -0.39 is 0 Å². The third-order valence-electron chi connectivity index (χ3n) is 1.85. The Labute approximate surface area is 97.4 Å². The summed E-state index contributed by atoms with van der Waals surface area (Å²) < 4.78 is 2.42. The highest BCUT2D eigenvalue weighted by atomic mass is 79.9. The summed E-state index contributed by atoms with van der Waals surface area (Å²) in [6, 6.07) is 2.04. The van der Waals surface area contributed by atoms with Crippen LogP contribution >= 0.6 is 43.2 Å². The topological polar surface area (TPSA) is 12.9 Å². The van der Waals surface area contributed by atoms with Crippen molar-refractivity contribution in [2.24, 2.45) is 0 Å². The van der Waals surface area contributed by atoms with Crippen LogP contribution in [0.15, 0.2) is 22.1 Å².